The number of aromatic nitrogens is 4. The summed E-state index contributed by atoms with van der Waals surface area (Å²) in [5, 5.41) is 35.4. The molecule has 5 heterocycles. The Morgan fingerprint density at radius 1 is 0.951 bits per heavy atom. The number of hydrogen-bond donors (Lipinski definition) is 5. The van der Waals surface area contributed by atoms with Crippen molar-refractivity contribution < 1.29 is 24.6 Å². The number of nitrogen functional groups attached to an aromatic ring is 1. The van der Waals surface area contributed by atoms with E-state index in [1.807, 2.05) is 88.7 Å². The minimum absolute atomic E-state index is 0.00316. The predicted octanol–water partition coefficient (Wildman–Crippen LogP) is 4.89. The molecule has 5 aromatic rings. The third-order valence-electron chi connectivity index (χ3n) is 11.4. The van der Waals surface area contributed by atoms with E-state index < -0.39 is 29.5 Å². The average molecular weight is 847 g/mol. The molecule has 7 rings (SSSR count). The highest BCUT2D eigenvalue weighted by molar-refractivity contribution is 7.13. The van der Waals surface area contributed by atoms with Crippen molar-refractivity contribution in [3.63, 3.8) is 0 Å². The van der Waals surface area contributed by atoms with Crippen LogP contribution in [-0.2, 0) is 20.8 Å². The number of para-hydroxylation sites is 1. The van der Waals surface area contributed by atoms with Gasteiger partial charge in [-0.3, -0.25) is 14.4 Å². The highest BCUT2D eigenvalue weighted by Gasteiger charge is 2.44. The third-order valence-corrected chi connectivity index (χ3v) is 12.4. The number of pyridine rings is 1. The highest BCUT2D eigenvalue weighted by atomic mass is 32.1. The third kappa shape index (κ3) is 9.92. The van der Waals surface area contributed by atoms with E-state index in [4.69, 9.17) is 5.73 Å². The summed E-state index contributed by atoms with van der Waals surface area (Å²) in [6.45, 7) is 12.1. The molecule has 2 aliphatic rings. The number of β-amino-alcohol motifs (C(OH)–C–C–N with tert-alkyl or cyclic N) is 1. The number of phenolic OH excluding ortho intramolecular Hbond substituents is 1. The lowest BCUT2D eigenvalue weighted by molar-refractivity contribution is -0.144. The van der Waals surface area contributed by atoms with E-state index in [2.05, 4.69) is 40.6 Å². The Hall–Kier alpha value is -6.13. The van der Waals surface area contributed by atoms with Crippen LogP contribution in [0.1, 0.15) is 63.4 Å². The maximum absolute atomic E-state index is 14.2. The van der Waals surface area contributed by atoms with Gasteiger partial charge >= 0.3 is 0 Å². The fraction of sp³-hybridized carbons (Fsp3) is 0.400. The Balaban J connectivity index is 0.937. The van der Waals surface area contributed by atoms with E-state index in [1.54, 1.807) is 35.7 Å². The molecule has 61 heavy (non-hydrogen) atoms. The maximum atomic E-state index is 14.2. The van der Waals surface area contributed by atoms with Gasteiger partial charge in [-0.1, -0.05) is 57.2 Å². The van der Waals surface area contributed by atoms with E-state index >= 15 is 0 Å². The minimum atomic E-state index is -0.927. The standard InChI is InChI=1S/C45H54N10O5S/c1-27(30-11-13-31(14-12-30)40-28(2)48-26-61-40)49-43(59)36-23-32(56)25-55(36)44(60)41(45(3,4)5)50-39(58)15-10-29-16-17-47-38(22-29)54-20-18-53(19-21-54)35-24-34(51-52-42(35)46)33-8-6-7-9-37(33)57/h6-9,11-14,16-17,22,24,26-27,32,36,41,56-57H,10,15,18-21,23,25H2,1-5H3,(H2,46,52)(H,49,59)(H,50,58)/t27?,32-,36+,41?/m1/s1. The van der Waals surface area contributed by atoms with Crippen molar-refractivity contribution in [3.05, 3.63) is 95.3 Å². The van der Waals surface area contributed by atoms with Gasteiger partial charge < -0.3 is 41.3 Å². The molecule has 2 aromatic carbocycles. The number of thiazole rings is 1. The first-order valence-electron chi connectivity index (χ1n) is 20.6. The molecule has 2 fully saturated rings. The monoisotopic (exact) mass is 846 g/mol. The summed E-state index contributed by atoms with van der Waals surface area (Å²) < 4.78 is 0. The van der Waals surface area contributed by atoms with Crippen LogP contribution in [-0.4, -0.2) is 104 Å². The zero-order valence-electron chi connectivity index (χ0n) is 35.2. The molecule has 0 saturated carbocycles. The molecule has 320 valence electrons. The minimum Gasteiger partial charge on any atom is -0.507 e. The smallest absolute Gasteiger partial charge is 0.246 e. The Morgan fingerprint density at radius 2 is 1.67 bits per heavy atom. The van der Waals surface area contributed by atoms with Crippen LogP contribution in [0, 0.1) is 12.3 Å². The number of aliphatic hydroxyl groups excluding tert-OH is 1. The van der Waals surface area contributed by atoms with Crippen molar-refractivity contribution in [1.29, 1.82) is 0 Å². The first-order chi connectivity index (χ1) is 29.2. The maximum Gasteiger partial charge on any atom is 0.246 e. The molecule has 2 unspecified atom stereocenters. The van der Waals surface area contributed by atoms with Gasteiger partial charge in [0.05, 0.1) is 39.6 Å². The summed E-state index contributed by atoms with van der Waals surface area (Å²) in [6.07, 6.45) is 1.54. The first-order valence-corrected chi connectivity index (χ1v) is 21.5. The van der Waals surface area contributed by atoms with Gasteiger partial charge in [-0.05, 0) is 72.7 Å². The number of aryl methyl sites for hydroxylation is 2. The van der Waals surface area contributed by atoms with Gasteiger partial charge in [0.25, 0.3) is 0 Å². The summed E-state index contributed by atoms with van der Waals surface area (Å²) in [7, 11) is 0. The van der Waals surface area contributed by atoms with Gasteiger partial charge in [0.2, 0.25) is 17.7 Å². The molecule has 3 amide bonds. The van der Waals surface area contributed by atoms with Crippen molar-refractivity contribution in [2.45, 2.75) is 78.1 Å². The lowest BCUT2D eigenvalue weighted by atomic mass is 9.85. The van der Waals surface area contributed by atoms with Crippen LogP contribution in [0.3, 0.4) is 0 Å². The molecule has 2 saturated heterocycles. The van der Waals surface area contributed by atoms with Gasteiger partial charge in [-0.15, -0.1) is 21.5 Å². The zero-order chi connectivity index (χ0) is 43.4. The Labute approximate surface area is 360 Å². The van der Waals surface area contributed by atoms with Crippen LogP contribution in [0.4, 0.5) is 17.3 Å². The summed E-state index contributed by atoms with van der Waals surface area (Å²) in [5.41, 5.74) is 13.1. The quantitative estimate of drug-likeness (QED) is 0.114. The number of aliphatic hydroxyl groups is 1. The number of anilines is 3. The lowest BCUT2D eigenvalue weighted by Gasteiger charge is -2.37. The molecular formula is C45H54N10O5S. The van der Waals surface area contributed by atoms with Crippen LogP contribution in [0.25, 0.3) is 21.7 Å². The zero-order valence-corrected chi connectivity index (χ0v) is 36.0. The number of benzene rings is 2. The Kier molecular flexibility index (Phi) is 12.8. The van der Waals surface area contributed by atoms with Gasteiger partial charge in [-0.2, -0.15) is 0 Å². The summed E-state index contributed by atoms with van der Waals surface area (Å²) >= 11 is 1.58. The number of amides is 3. The second-order valence-corrected chi connectivity index (χ2v) is 17.8. The number of nitrogens with one attached hydrogen (secondary N) is 2. The van der Waals surface area contributed by atoms with Crippen molar-refractivity contribution >= 4 is 46.4 Å². The molecule has 0 spiro atoms. The fourth-order valence-corrected chi connectivity index (χ4v) is 8.75. The van der Waals surface area contributed by atoms with E-state index in [-0.39, 0.29) is 43.0 Å². The van der Waals surface area contributed by atoms with E-state index in [0.29, 0.717) is 49.7 Å². The molecule has 15 nitrogen and oxygen atoms in total. The molecule has 6 N–H and O–H groups in total. The van der Waals surface area contributed by atoms with Crippen molar-refractivity contribution in [2.24, 2.45) is 5.41 Å². The lowest BCUT2D eigenvalue weighted by Crippen LogP contribution is -2.57. The van der Waals surface area contributed by atoms with Crippen LogP contribution >= 0.6 is 11.3 Å². The van der Waals surface area contributed by atoms with Gasteiger partial charge in [0.15, 0.2) is 5.82 Å². The van der Waals surface area contributed by atoms with Crippen molar-refractivity contribution in [2.75, 3.05) is 48.3 Å². The van der Waals surface area contributed by atoms with Crippen LogP contribution in [0.15, 0.2) is 78.4 Å². The Bertz CT molecular complexity index is 2360. The van der Waals surface area contributed by atoms with Crippen LogP contribution in [0.2, 0.25) is 0 Å². The number of rotatable bonds is 12. The number of carbonyl (C=O) groups excluding carboxylic acids is 3. The second kappa shape index (κ2) is 18.2. The molecule has 4 atom stereocenters. The SMILES string of the molecule is Cc1ncsc1-c1ccc(C(C)NC(=O)[C@@H]2C[C@@H](O)CN2C(=O)C(NC(=O)CCc2ccnc(N3CCN(c4cc(-c5ccccc5O)nnc4N)CC3)c2)C(C)(C)C)cc1. The Morgan fingerprint density at radius 3 is 2.36 bits per heavy atom. The molecule has 2 aliphatic heterocycles. The number of likely N-dealkylation sites (tertiary alicyclic amines) is 1. The summed E-state index contributed by atoms with van der Waals surface area (Å²) in [6, 6.07) is 18.5. The molecule has 16 heteroatoms. The van der Waals surface area contributed by atoms with E-state index in [1.165, 1.54) is 4.90 Å². The van der Waals surface area contributed by atoms with Gasteiger partial charge in [0, 0.05) is 57.3 Å². The molecular weight excluding hydrogens is 793 g/mol. The highest BCUT2D eigenvalue weighted by Crippen LogP contribution is 2.33. The molecule has 0 bridgehead atoms. The fourth-order valence-electron chi connectivity index (χ4n) is 7.94. The number of nitrogens with zero attached hydrogens (tertiary/aromatic N) is 7. The van der Waals surface area contributed by atoms with Gasteiger partial charge in [-0.25, -0.2) is 9.97 Å². The normalized spacial score (nSPS) is 17.8. The number of nitrogens with two attached hydrogens (primary N) is 1. The topological polar surface area (TPSA) is 203 Å². The molecule has 3 aromatic heterocycles. The van der Waals surface area contributed by atoms with Crippen molar-refractivity contribution in [3.8, 4) is 27.4 Å². The van der Waals surface area contributed by atoms with Crippen LogP contribution in [0.5, 0.6) is 5.75 Å². The van der Waals surface area contributed by atoms with E-state index in [9.17, 15) is 24.6 Å². The summed E-state index contributed by atoms with van der Waals surface area (Å²) in [5.74, 6) is 0.177. The van der Waals surface area contributed by atoms with Crippen molar-refractivity contribution in [1.82, 2.24) is 35.7 Å². The average Bonchev–Trinajstić information content (AvgIpc) is 3.87. The van der Waals surface area contributed by atoms with Gasteiger partial charge in [0.1, 0.15) is 23.7 Å². The molecule has 0 radical (unpaired) electrons. The first kappa shape index (κ1) is 43.0. The number of aromatic hydroxyl groups is 1. The van der Waals surface area contributed by atoms with Crippen LogP contribution < -0.4 is 26.2 Å². The van der Waals surface area contributed by atoms with E-state index in [0.717, 1.165) is 38.8 Å². The number of hydrogen-bond acceptors (Lipinski definition) is 13. The molecule has 0 aliphatic carbocycles. The number of piperazine rings is 1. The predicted molar refractivity (Wildman–Crippen MR) is 237 cm³/mol. The summed E-state index contributed by atoms with van der Waals surface area (Å²) in [4.78, 5) is 57.3. The number of carbonyl (C=O) groups is 3. The number of phenols is 1. The largest absolute Gasteiger partial charge is 0.507 e. The second-order valence-electron chi connectivity index (χ2n) is 16.9.